The lowest BCUT2D eigenvalue weighted by Gasteiger charge is -2.14. The summed E-state index contributed by atoms with van der Waals surface area (Å²) in [6, 6.07) is 3.86. The Morgan fingerprint density at radius 1 is 1.31 bits per heavy atom. The molecular formula is C10H12F3NO2. The minimum Gasteiger partial charge on any atom is -0.505 e. The fourth-order valence-electron chi connectivity index (χ4n) is 1.14. The summed E-state index contributed by atoms with van der Waals surface area (Å²) in [4.78, 5) is 0. The average Bonchev–Trinajstić information content (AvgIpc) is 2.24. The maximum Gasteiger partial charge on any atom is 0.282 e. The van der Waals surface area contributed by atoms with E-state index in [4.69, 9.17) is 5.11 Å². The quantitative estimate of drug-likeness (QED) is 0.720. The zero-order valence-electron chi connectivity index (χ0n) is 8.38. The van der Waals surface area contributed by atoms with Crippen molar-refractivity contribution in [1.82, 2.24) is 5.32 Å². The van der Waals surface area contributed by atoms with Crippen LogP contribution in [0.3, 0.4) is 0 Å². The Bertz CT molecular complexity index is 358. The van der Waals surface area contributed by atoms with Crippen LogP contribution in [-0.2, 0) is 6.54 Å². The lowest BCUT2D eigenvalue weighted by Crippen LogP contribution is -2.35. The third-order valence-electron chi connectivity index (χ3n) is 2.00. The van der Waals surface area contributed by atoms with Gasteiger partial charge >= 0.3 is 0 Å². The number of rotatable bonds is 5. The topological polar surface area (TPSA) is 52.5 Å². The van der Waals surface area contributed by atoms with E-state index in [1.54, 1.807) is 0 Å². The van der Waals surface area contributed by atoms with Gasteiger partial charge in [-0.3, -0.25) is 0 Å². The van der Waals surface area contributed by atoms with Gasteiger partial charge in [-0.15, -0.1) is 0 Å². The van der Waals surface area contributed by atoms with Crippen LogP contribution in [0.5, 0.6) is 5.75 Å². The number of phenolic OH excluding ortho intramolecular Hbond substituents is 1. The highest BCUT2D eigenvalue weighted by atomic mass is 19.3. The summed E-state index contributed by atoms with van der Waals surface area (Å²) in [6.45, 7) is -2.09. The first kappa shape index (κ1) is 12.8. The fraction of sp³-hybridized carbons (Fsp3) is 0.400. The number of alkyl halides is 2. The van der Waals surface area contributed by atoms with E-state index in [0.29, 0.717) is 0 Å². The lowest BCUT2D eigenvalue weighted by molar-refractivity contribution is -0.0478. The van der Waals surface area contributed by atoms with E-state index >= 15 is 0 Å². The SMILES string of the molecule is OCC(F)(F)CNCc1cccc(F)c1O. The second kappa shape index (κ2) is 5.18. The summed E-state index contributed by atoms with van der Waals surface area (Å²) in [5.74, 6) is -4.57. The molecule has 0 unspecified atom stereocenters. The highest BCUT2D eigenvalue weighted by Crippen LogP contribution is 2.20. The van der Waals surface area contributed by atoms with Crippen LogP contribution >= 0.6 is 0 Å². The molecule has 0 radical (unpaired) electrons. The molecule has 0 heterocycles. The van der Waals surface area contributed by atoms with Crippen molar-refractivity contribution >= 4 is 0 Å². The second-order valence-corrected chi connectivity index (χ2v) is 3.37. The normalized spacial score (nSPS) is 11.8. The summed E-state index contributed by atoms with van der Waals surface area (Å²) >= 11 is 0. The van der Waals surface area contributed by atoms with Crippen molar-refractivity contribution in [2.45, 2.75) is 12.5 Å². The van der Waals surface area contributed by atoms with Crippen LogP contribution < -0.4 is 5.32 Å². The first-order valence-corrected chi connectivity index (χ1v) is 4.62. The first-order chi connectivity index (χ1) is 7.46. The van der Waals surface area contributed by atoms with Crippen molar-refractivity contribution < 1.29 is 23.4 Å². The van der Waals surface area contributed by atoms with E-state index in [9.17, 15) is 18.3 Å². The molecule has 0 aliphatic carbocycles. The van der Waals surface area contributed by atoms with Crippen LogP contribution in [0.25, 0.3) is 0 Å². The minimum absolute atomic E-state index is 0.0980. The van der Waals surface area contributed by atoms with Crippen LogP contribution in [0.4, 0.5) is 13.2 Å². The van der Waals surface area contributed by atoms with Gasteiger partial charge in [0.25, 0.3) is 5.92 Å². The summed E-state index contributed by atoms with van der Waals surface area (Å²) in [5, 5.41) is 19.8. The summed E-state index contributed by atoms with van der Waals surface area (Å²) in [7, 11) is 0. The monoisotopic (exact) mass is 235 g/mol. The van der Waals surface area contributed by atoms with E-state index in [0.717, 1.165) is 6.07 Å². The standard InChI is InChI=1S/C10H12F3NO2/c11-8-3-1-2-7(9(8)16)4-14-5-10(12,13)6-15/h1-3,14-16H,4-6H2. The molecule has 16 heavy (non-hydrogen) atoms. The molecule has 3 nitrogen and oxygen atoms in total. The van der Waals surface area contributed by atoms with E-state index in [2.05, 4.69) is 5.32 Å². The average molecular weight is 235 g/mol. The Morgan fingerprint density at radius 3 is 2.62 bits per heavy atom. The lowest BCUT2D eigenvalue weighted by atomic mass is 10.2. The molecule has 3 N–H and O–H groups in total. The molecule has 0 fully saturated rings. The van der Waals surface area contributed by atoms with Crippen molar-refractivity contribution in [3.63, 3.8) is 0 Å². The molecule has 0 aromatic heterocycles. The molecule has 0 saturated carbocycles. The van der Waals surface area contributed by atoms with Gasteiger partial charge in [0, 0.05) is 12.1 Å². The Balaban J connectivity index is 2.53. The Kier molecular flexibility index (Phi) is 4.14. The number of para-hydroxylation sites is 1. The molecule has 0 atom stereocenters. The number of aliphatic hydroxyl groups is 1. The maximum atomic E-state index is 12.8. The molecule has 1 aromatic carbocycles. The molecule has 1 rings (SSSR count). The summed E-state index contributed by atoms with van der Waals surface area (Å²) in [5.41, 5.74) is 0.189. The Hall–Kier alpha value is -1.27. The summed E-state index contributed by atoms with van der Waals surface area (Å²) in [6.07, 6.45) is 0. The van der Waals surface area contributed by atoms with Crippen LogP contribution in [0.1, 0.15) is 5.56 Å². The van der Waals surface area contributed by atoms with E-state index in [1.165, 1.54) is 12.1 Å². The van der Waals surface area contributed by atoms with Gasteiger partial charge in [0.1, 0.15) is 6.61 Å². The third kappa shape index (κ3) is 3.39. The zero-order valence-corrected chi connectivity index (χ0v) is 8.38. The smallest absolute Gasteiger partial charge is 0.282 e. The number of aromatic hydroxyl groups is 1. The number of benzene rings is 1. The Labute approximate surface area is 90.5 Å². The van der Waals surface area contributed by atoms with Gasteiger partial charge in [0.05, 0.1) is 6.54 Å². The van der Waals surface area contributed by atoms with Gasteiger partial charge in [-0.05, 0) is 6.07 Å². The van der Waals surface area contributed by atoms with E-state index in [1.807, 2.05) is 0 Å². The highest BCUT2D eigenvalue weighted by molar-refractivity contribution is 5.33. The van der Waals surface area contributed by atoms with Gasteiger partial charge in [-0.25, -0.2) is 13.2 Å². The van der Waals surface area contributed by atoms with Gasteiger partial charge in [0.2, 0.25) is 0 Å². The number of hydrogen-bond donors (Lipinski definition) is 3. The maximum absolute atomic E-state index is 12.8. The number of halogens is 3. The number of hydrogen-bond acceptors (Lipinski definition) is 3. The largest absolute Gasteiger partial charge is 0.505 e. The first-order valence-electron chi connectivity index (χ1n) is 4.62. The molecule has 0 saturated heterocycles. The predicted molar refractivity (Wildman–Crippen MR) is 51.8 cm³/mol. The van der Waals surface area contributed by atoms with Crippen LogP contribution in [0, 0.1) is 5.82 Å². The number of phenols is 1. The van der Waals surface area contributed by atoms with Crippen LogP contribution in [0.15, 0.2) is 18.2 Å². The molecule has 0 amide bonds. The van der Waals surface area contributed by atoms with Crippen molar-refractivity contribution in [1.29, 1.82) is 0 Å². The van der Waals surface area contributed by atoms with Crippen LogP contribution in [0.2, 0.25) is 0 Å². The molecule has 0 bridgehead atoms. The van der Waals surface area contributed by atoms with E-state index in [-0.39, 0.29) is 12.1 Å². The molecular weight excluding hydrogens is 223 g/mol. The van der Waals surface area contributed by atoms with Crippen molar-refractivity contribution in [3.8, 4) is 5.75 Å². The minimum atomic E-state index is -3.22. The third-order valence-corrected chi connectivity index (χ3v) is 2.00. The van der Waals surface area contributed by atoms with Gasteiger partial charge in [0.15, 0.2) is 11.6 Å². The van der Waals surface area contributed by atoms with Gasteiger partial charge < -0.3 is 15.5 Å². The molecule has 1 aromatic rings. The molecule has 6 heteroatoms. The van der Waals surface area contributed by atoms with Crippen molar-refractivity contribution in [2.24, 2.45) is 0 Å². The number of nitrogens with one attached hydrogen (secondary N) is 1. The molecule has 0 aliphatic heterocycles. The highest BCUT2D eigenvalue weighted by Gasteiger charge is 2.26. The predicted octanol–water partition coefficient (Wildman–Crippen LogP) is 1.25. The fourth-order valence-corrected chi connectivity index (χ4v) is 1.14. The molecule has 90 valence electrons. The number of aliphatic hydroxyl groups excluding tert-OH is 1. The van der Waals surface area contributed by atoms with E-state index < -0.39 is 30.6 Å². The second-order valence-electron chi connectivity index (χ2n) is 3.37. The van der Waals surface area contributed by atoms with Gasteiger partial charge in [-0.2, -0.15) is 0 Å². The van der Waals surface area contributed by atoms with Gasteiger partial charge in [-0.1, -0.05) is 12.1 Å². The van der Waals surface area contributed by atoms with Crippen LogP contribution in [-0.4, -0.2) is 29.3 Å². The molecule has 0 aliphatic rings. The van der Waals surface area contributed by atoms with Crippen molar-refractivity contribution in [3.05, 3.63) is 29.6 Å². The zero-order chi connectivity index (χ0) is 12.2. The molecule has 0 spiro atoms. The van der Waals surface area contributed by atoms with Crippen molar-refractivity contribution in [2.75, 3.05) is 13.2 Å². The summed E-state index contributed by atoms with van der Waals surface area (Å²) < 4.78 is 38.0. The Morgan fingerprint density at radius 2 is 2.00 bits per heavy atom.